The van der Waals surface area contributed by atoms with Crippen LogP contribution in [0, 0.1) is 12.7 Å². The second kappa shape index (κ2) is 5.99. The highest BCUT2D eigenvalue weighted by Crippen LogP contribution is 2.22. The van der Waals surface area contributed by atoms with Crippen LogP contribution in [0.25, 0.3) is 0 Å². The Hall–Kier alpha value is -0.970. The Kier molecular flexibility index (Phi) is 4.55. The van der Waals surface area contributed by atoms with Crippen LogP contribution in [-0.4, -0.2) is 36.7 Å². The van der Waals surface area contributed by atoms with Gasteiger partial charge in [-0.05, 0) is 38.0 Å². The molecule has 2 rings (SSSR count). The Bertz CT molecular complexity index is 436. The molecule has 1 aliphatic heterocycles. The monoisotopic (exact) mass is 266 g/mol. The van der Waals surface area contributed by atoms with E-state index in [1.54, 1.807) is 13.0 Å². The second-order valence-corrected chi connectivity index (χ2v) is 5.53. The first kappa shape index (κ1) is 14.4. The molecular formula is C15H23FN2O. The molecule has 0 amide bonds. The highest BCUT2D eigenvalue weighted by molar-refractivity contribution is 5.27. The number of benzene rings is 1. The number of halogens is 1. The van der Waals surface area contributed by atoms with Crippen molar-refractivity contribution >= 4 is 0 Å². The molecule has 0 aromatic heterocycles. The van der Waals surface area contributed by atoms with Crippen LogP contribution < -0.4 is 5.73 Å². The molecule has 1 aliphatic rings. The summed E-state index contributed by atoms with van der Waals surface area (Å²) < 4.78 is 19.1. The van der Waals surface area contributed by atoms with Gasteiger partial charge >= 0.3 is 0 Å². The molecule has 2 atom stereocenters. The van der Waals surface area contributed by atoms with Gasteiger partial charge in [-0.3, -0.25) is 4.90 Å². The van der Waals surface area contributed by atoms with Crippen molar-refractivity contribution in [1.82, 2.24) is 4.90 Å². The van der Waals surface area contributed by atoms with Gasteiger partial charge in [0.1, 0.15) is 5.82 Å². The van der Waals surface area contributed by atoms with Gasteiger partial charge in [0.05, 0.1) is 18.8 Å². The highest BCUT2D eigenvalue weighted by Gasteiger charge is 2.28. The number of rotatable bonds is 3. The van der Waals surface area contributed by atoms with E-state index in [0.29, 0.717) is 18.2 Å². The Morgan fingerprint density at radius 2 is 2.16 bits per heavy atom. The molecule has 1 saturated heterocycles. The number of morpholine rings is 1. The van der Waals surface area contributed by atoms with Crippen molar-refractivity contribution in [3.05, 3.63) is 35.1 Å². The van der Waals surface area contributed by atoms with Crippen LogP contribution in [-0.2, 0) is 4.74 Å². The van der Waals surface area contributed by atoms with Crippen LogP contribution in [0.1, 0.15) is 31.0 Å². The predicted octanol–water partition coefficient (Wildman–Crippen LogP) is 2.24. The summed E-state index contributed by atoms with van der Waals surface area (Å²) in [5.41, 5.74) is 7.85. The lowest BCUT2D eigenvalue weighted by molar-refractivity contribution is -0.0502. The maximum absolute atomic E-state index is 13.3. The van der Waals surface area contributed by atoms with Crippen molar-refractivity contribution in [3.8, 4) is 0 Å². The summed E-state index contributed by atoms with van der Waals surface area (Å²) in [6.45, 7) is 8.59. The summed E-state index contributed by atoms with van der Waals surface area (Å²) in [6, 6.07) is 5.34. The molecule has 0 saturated carbocycles. The van der Waals surface area contributed by atoms with Gasteiger partial charge in [-0.1, -0.05) is 12.1 Å². The van der Waals surface area contributed by atoms with Gasteiger partial charge in [-0.25, -0.2) is 4.39 Å². The van der Waals surface area contributed by atoms with Gasteiger partial charge in [0.25, 0.3) is 0 Å². The first-order valence-electron chi connectivity index (χ1n) is 6.86. The van der Waals surface area contributed by atoms with E-state index in [-0.39, 0.29) is 18.0 Å². The SMILES string of the molecule is Cc1cc(C(N)C2CN(C(C)C)CCO2)ccc1F. The first-order chi connectivity index (χ1) is 8.99. The predicted molar refractivity (Wildman–Crippen MR) is 74.5 cm³/mol. The summed E-state index contributed by atoms with van der Waals surface area (Å²) in [6.07, 6.45) is -0.0268. The van der Waals surface area contributed by atoms with E-state index in [9.17, 15) is 4.39 Å². The fourth-order valence-corrected chi connectivity index (χ4v) is 2.47. The van der Waals surface area contributed by atoms with Crippen LogP contribution >= 0.6 is 0 Å². The molecule has 2 N–H and O–H groups in total. The van der Waals surface area contributed by atoms with Crippen molar-refractivity contribution in [2.24, 2.45) is 5.73 Å². The van der Waals surface area contributed by atoms with Crippen molar-refractivity contribution < 1.29 is 9.13 Å². The lowest BCUT2D eigenvalue weighted by atomic mass is 9.98. The molecule has 1 aromatic rings. The van der Waals surface area contributed by atoms with Gasteiger partial charge < -0.3 is 10.5 Å². The topological polar surface area (TPSA) is 38.5 Å². The van der Waals surface area contributed by atoms with Crippen molar-refractivity contribution in [3.63, 3.8) is 0 Å². The quantitative estimate of drug-likeness (QED) is 0.912. The van der Waals surface area contributed by atoms with Crippen LogP contribution in [0.2, 0.25) is 0 Å². The van der Waals surface area contributed by atoms with Crippen LogP contribution in [0.15, 0.2) is 18.2 Å². The largest absolute Gasteiger partial charge is 0.374 e. The minimum absolute atomic E-state index is 0.0268. The zero-order chi connectivity index (χ0) is 14.0. The number of hydrogen-bond acceptors (Lipinski definition) is 3. The van der Waals surface area contributed by atoms with E-state index in [0.717, 1.165) is 18.7 Å². The molecule has 1 aromatic carbocycles. The number of hydrogen-bond donors (Lipinski definition) is 1. The molecular weight excluding hydrogens is 243 g/mol. The standard InChI is InChI=1S/C15H23FN2O/c1-10(2)18-6-7-19-14(9-18)15(17)12-4-5-13(16)11(3)8-12/h4-5,8,10,14-15H,6-7,9,17H2,1-3H3. The van der Waals surface area contributed by atoms with E-state index in [4.69, 9.17) is 10.5 Å². The molecule has 3 nitrogen and oxygen atoms in total. The van der Waals surface area contributed by atoms with Crippen LogP contribution in [0.3, 0.4) is 0 Å². The summed E-state index contributed by atoms with van der Waals surface area (Å²) in [5.74, 6) is -0.190. The summed E-state index contributed by atoms with van der Waals surface area (Å²) in [4.78, 5) is 2.37. The third-order valence-electron chi connectivity index (χ3n) is 3.82. The molecule has 0 aliphatic carbocycles. The number of nitrogens with zero attached hydrogens (tertiary/aromatic N) is 1. The van der Waals surface area contributed by atoms with Gasteiger partial charge in [-0.2, -0.15) is 0 Å². The number of ether oxygens (including phenoxy) is 1. The maximum atomic E-state index is 13.3. The lowest BCUT2D eigenvalue weighted by Crippen LogP contribution is -2.49. The second-order valence-electron chi connectivity index (χ2n) is 5.53. The first-order valence-corrected chi connectivity index (χ1v) is 6.86. The van der Waals surface area contributed by atoms with Crippen LogP contribution in [0.4, 0.5) is 4.39 Å². The van der Waals surface area contributed by atoms with Gasteiger partial charge in [0.15, 0.2) is 0 Å². The smallest absolute Gasteiger partial charge is 0.126 e. The third kappa shape index (κ3) is 3.32. The molecule has 19 heavy (non-hydrogen) atoms. The number of aryl methyl sites for hydroxylation is 1. The molecule has 0 spiro atoms. The summed E-state index contributed by atoms with van der Waals surface area (Å²) in [5, 5.41) is 0. The zero-order valence-electron chi connectivity index (χ0n) is 11.9. The van der Waals surface area contributed by atoms with E-state index in [1.165, 1.54) is 6.07 Å². The van der Waals surface area contributed by atoms with Gasteiger partial charge in [0.2, 0.25) is 0 Å². The Morgan fingerprint density at radius 3 is 2.79 bits per heavy atom. The molecule has 0 bridgehead atoms. The molecule has 4 heteroatoms. The summed E-state index contributed by atoms with van der Waals surface area (Å²) >= 11 is 0. The van der Waals surface area contributed by atoms with Crippen molar-refractivity contribution in [1.29, 1.82) is 0 Å². The van der Waals surface area contributed by atoms with Gasteiger partial charge in [0, 0.05) is 19.1 Å². The molecule has 106 valence electrons. The lowest BCUT2D eigenvalue weighted by Gasteiger charge is -2.38. The van der Waals surface area contributed by atoms with E-state index in [1.807, 2.05) is 6.07 Å². The maximum Gasteiger partial charge on any atom is 0.126 e. The average Bonchev–Trinajstić information content (AvgIpc) is 2.41. The Labute approximate surface area is 114 Å². The number of nitrogens with two attached hydrogens (primary N) is 1. The van der Waals surface area contributed by atoms with Crippen molar-refractivity contribution in [2.75, 3.05) is 19.7 Å². The van der Waals surface area contributed by atoms with E-state index in [2.05, 4.69) is 18.7 Å². The molecule has 0 radical (unpaired) electrons. The zero-order valence-corrected chi connectivity index (χ0v) is 11.9. The summed E-state index contributed by atoms with van der Waals surface area (Å²) in [7, 11) is 0. The Balaban J connectivity index is 2.10. The molecule has 1 heterocycles. The molecule has 2 unspecified atom stereocenters. The Morgan fingerprint density at radius 1 is 1.42 bits per heavy atom. The third-order valence-corrected chi connectivity index (χ3v) is 3.82. The minimum atomic E-state index is -0.208. The minimum Gasteiger partial charge on any atom is -0.374 e. The van der Waals surface area contributed by atoms with Gasteiger partial charge in [-0.15, -0.1) is 0 Å². The fraction of sp³-hybridized carbons (Fsp3) is 0.600. The van der Waals surface area contributed by atoms with E-state index < -0.39 is 0 Å². The van der Waals surface area contributed by atoms with Crippen molar-refractivity contribution in [2.45, 2.75) is 39.0 Å². The average molecular weight is 266 g/mol. The highest BCUT2D eigenvalue weighted by atomic mass is 19.1. The normalized spacial score (nSPS) is 22.7. The fourth-order valence-electron chi connectivity index (χ4n) is 2.47. The van der Waals surface area contributed by atoms with Crippen LogP contribution in [0.5, 0.6) is 0 Å². The molecule has 1 fully saturated rings. The van der Waals surface area contributed by atoms with E-state index >= 15 is 0 Å².